The minimum absolute atomic E-state index is 0.154. The summed E-state index contributed by atoms with van der Waals surface area (Å²) in [4.78, 5) is 23.3. The number of carbonyl (C=O) groups is 2. The van der Waals surface area contributed by atoms with Crippen molar-refractivity contribution in [2.24, 2.45) is 0 Å². The van der Waals surface area contributed by atoms with Gasteiger partial charge in [-0.2, -0.15) is 0 Å². The molecule has 2 aromatic carbocycles. The Hall–Kier alpha value is -1.85. The zero-order valence-corrected chi connectivity index (χ0v) is 13.3. The van der Waals surface area contributed by atoms with E-state index in [2.05, 4.69) is 21.2 Å². The Morgan fingerprint density at radius 1 is 1.24 bits per heavy atom. The number of nitrogens with one attached hydrogen (secondary N) is 1. The Labute approximate surface area is 134 Å². The number of hydrogen-bond acceptors (Lipinski definition) is 2. The molecule has 2 N–H and O–H groups in total. The van der Waals surface area contributed by atoms with Crippen LogP contribution in [0, 0.1) is 6.92 Å². The molecule has 108 valence electrons. The summed E-state index contributed by atoms with van der Waals surface area (Å²) in [5.74, 6) is -1.38. The summed E-state index contributed by atoms with van der Waals surface area (Å²) in [6, 6.07) is 9.57. The number of carboxylic acid groups (broad SMARTS) is 1. The monoisotopic (exact) mass is 367 g/mol. The van der Waals surface area contributed by atoms with Crippen molar-refractivity contribution in [3.63, 3.8) is 0 Å². The van der Waals surface area contributed by atoms with E-state index in [-0.39, 0.29) is 11.5 Å². The average molecular weight is 369 g/mol. The number of anilines is 1. The summed E-state index contributed by atoms with van der Waals surface area (Å²) in [6.45, 7) is 1.65. The molecule has 0 spiro atoms. The zero-order chi connectivity index (χ0) is 15.6. The van der Waals surface area contributed by atoms with Crippen molar-refractivity contribution in [1.82, 2.24) is 0 Å². The molecule has 0 fully saturated rings. The van der Waals surface area contributed by atoms with Crippen LogP contribution in [0.25, 0.3) is 0 Å². The molecule has 0 aliphatic rings. The molecular weight excluding hydrogens is 358 g/mol. The molecule has 2 rings (SSSR count). The van der Waals surface area contributed by atoms with E-state index in [4.69, 9.17) is 16.7 Å². The van der Waals surface area contributed by atoms with Crippen LogP contribution in [0.3, 0.4) is 0 Å². The number of amides is 1. The van der Waals surface area contributed by atoms with Gasteiger partial charge in [0.05, 0.1) is 10.6 Å². The van der Waals surface area contributed by atoms with Gasteiger partial charge in [0.15, 0.2) is 0 Å². The summed E-state index contributed by atoms with van der Waals surface area (Å²) in [5.41, 5.74) is 1.51. The van der Waals surface area contributed by atoms with Crippen molar-refractivity contribution in [2.75, 3.05) is 5.32 Å². The zero-order valence-electron chi connectivity index (χ0n) is 11.0. The molecule has 21 heavy (non-hydrogen) atoms. The lowest BCUT2D eigenvalue weighted by atomic mass is 10.1. The van der Waals surface area contributed by atoms with Crippen LogP contribution in [-0.4, -0.2) is 17.0 Å². The van der Waals surface area contributed by atoms with Crippen LogP contribution >= 0.6 is 27.5 Å². The Bertz CT molecular complexity index is 731. The number of hydrogen-bond donors (Lipinski definition) is 2. The van der Waals surface area contributed by atoms with Gasteiger partial charge in [0.1, 0.15) is 0 Å². The molecule has 0 radical (unpaired) electrons. The first-order chi connectivity index (χ1) is 9.90. The van der Waals surface area contributed by atoms with Crippen LogP contribution < -0.4 is 5.32 Å². The molecule has 0 unspecified atom stereocenters. The minimum Gasteiger partial charge on any atom is -0.478 e. The topological polar surface area (TPSA) is 66.4 Å². The van der Waals surface area contributed by atoms with E-state index in [9.17, 15) is 9.59 Å². The van der Waals surface area contributed by atoms with E-state index in [1.807, 2.05) is 0 Å². The standard InChI is InChI=1S/C15H11BrClNO3/c1-8-10(15(20)21)3-2-4-13(8)18-14(19)9-5-6-11(16)12(17)7-9/h2-7H,1H3,(H,18,19)(H,20,21). The van der Waals surface area contributed by atoms with Gasteiger partial charge >= 0.3 is 5.97 Å². The second-order valence-corrected chi connectivity index (χ2v) is 5.63. The van der Waals surface area contributed by atoms with E-state index in [0.717, 1.165) is 0 Å². The summed E-state index contributed by atoms with van der Waals surface area (Å²) in [7, 11) is 0. The van der Waals surface area contributed by atoms with Crippen LogP contribution in [0.15, 0.2) is 40.9 Å². The van der Waals surface area contributed by atoms with Gasteiger partial charge < -0.3 is 10.4 Å². The molecule has 0 aliphatic carbocycles. The first-order valence-electron chi connectivity index (χ1n) is 5.99. The highest BCUT2D eigenvalue weighted by atomic mass is 79.9. The van der Waals surface area contributed by atoms with Crippen molar-refractivity contribution >= 4 is 45.1 Å². The van der Waals surface area contributed by atoms with Crippen LogP contribution in [0.1, 0.15) is 26.3 Å². The van der Waals surface area contributed by atoms with Crippen LogP contribution in [0.4, 0.5) is 5.69 Å². The lowest BCUT2D eigenvalue weighted by Crippen LogP contribution is -2.14. The number of halogens is 2. The van der Waals surface area contributed by atoms with Gasteiger partial charge in [0.2, 0.25) is 0 Å². The molecule has 0 heterocycles. The predicted octanol–water partition coefficient (Wildman–Crippen LogP) is 4.36. The fraction of sp³-hybridized carbons (Fsp3) is 0.0667. The third-order valence-electron chi connectivity index (χ3n) is 2.99. The summed E-state index contributed by atoms with van der Waals surface area (Å²) in [5, 5.41) is 12.2. The second-order valence-electron chi connectivity index (χ2n) is 4.37. The van der Waals surface area contributed by atoms with Crippen molar-refractivity contribution in [2.45, 2.75) is 6.92 Å². The number of aromatic carboxylic acids is 1. The largest absolute Gasteiger partial charge is 0.478 e. The maximum absolute atomic E-state index is 12.2. The number of benzene rings is 2. The van der Waals surface area contributed by atoms with Gasteiger partial charge in [-0.05, 0) is 58.7 Å². The first-order valence-corrected chi connectivity index (χ1v) is 7.16. The fourth-order valence-corrected chi connectivity index (χ4v) is 2.26. The molecule has 6 heteroatoms. The van der Waals surface area contributed by atoms with Crippen LogP contribution in [0.5, 0.6) is 0 Å². The second kappa shape index (κ2) is 6.28. The molecule has 0 atom stereocenters. The Balaban J connectivity index is 2.29. The van der Waals surface area contributed by atoms with Gasteiger partial charge in [0.25, 0.3) is 5.91 Å². The highest BCUT2D eigenvalue weighted by Gasteiger charge is 2.13. The van der Waals surface area contributed by atoms with E-state index < -0.39 is 5.97 Å². The van der Waals surface area contributed by atoms with Crippen molar-refractivity contribution in [3.05, 3.63) is 62.6 Å². The third kappa shape index (κ3) is 3.43. The molecule has 4 nitrogen and oxygen atoms in total. The van der Waals surface area contributed by atoms with Gasteiger partial charge in [-0.1, -0.05) is 17.7 Å². The van der Waals surface area contributed by atoms with Crippen LogP contribution in [0.2, 0.25) is 5.02 Å². The molecule has 2 aromatic rings. The normalized spacial score (nSPS) is 10.2. The summed E-state index contributed by atoms with van der Waals surface area (Å²) < 4.78 is 0.699. The number of rotatable bonds is 3. The quantitative estimate of drug-likeness (QED) is 0.846. The molecule has 1 amide bonds. The minimum atomic E-state index is -1.03. The van der Waals surface area contributed by atoms with Gasteiger partial charge in [-0.3, -0.25) is 4.79 Å². The van der Waals surface area contributed by atoms with Gasteiger partial charge in [-0.15, -0.1) is 0 Å². The molecule has 0 aromatic heterocycles. The number of carbonyl (C=O) groups excluding carboxylic acids is 1. The Kier molecular flexibility index (Phi) is 4.65. The third-order valence-corrected chi connectivity index (χ3v) is 4.23. The van der Waals surface area contributed by atoms with Crippen molar-refractivity contribution < 1.29 is 14.7 Å². The molecule has 0 saturated carbocycles. The first kappa shape index (κ1) is 15.5. The van der Waals surface area contributed by atoms with Gasteiger partial charge in [0, 0.05) is 15.7 Å². The van der Waals surface area contributed by atoms with Gasteiger partial charge in [-0.25, -0.2) is 4.79 Å². The molecular formula is C15H11BrClNO3. The highest BCUT2D eigenvalue weighted by Crippen LogP contribution is 2.24. The maximum atomic E-state index is 12.2. The lowest BCUT2D eigenvalue weighted by molar-refractivity contribution is 0.0695. The van der Waals surface area contributed by atoms with Crippen molar-refractivity contribution in [1.29, 1.82) is 0 Å². The van der Waals surface area contributed by atoms with Crippen LogP contribution in [-0.2, 0) is 0 Å². The van der Waals surface area contributed by atoms with E-state index in [0.29, 0.717) is 26.3 Å². The van der Waals surface area contributed by atoms with E-state index >= 15 is 0 Å². The molecule has 0 aliphatic heterocycles. The Morgan fingerprint density at radius 2 is 1.95 bits per heavy atom. The summed E-state index contributed by atoms with van der Waals surface area (Å²) >= 11 is 9.21. The number of carboxylic acids is 1. The summed E-state index contributed by atoms with van der Waals surface area (Å²) in [6.07, 6.45) is 0. The fourth-order valence-electron chi connectivity index (χ4n) is 1.83. The highest BCUT2D eigenvalue weighted by molar-refractivity contribution is 9.10. The average Bonchev–Trinajstić information content (AvgIpc) is 2.43. The lowest BCUT2D eigenvalue weighted by Gasteiger charge is -2.10. The molecule has 0 saturated heterocycles. The maximum Gasteiger partial charge on any atom is 0.336 e. The SMILES string of the molecule is Cc1c(NC(=O)c2ccc(Br)c(Cl)c2)cccc1C(=O)O. The predicted molar refractivity (Wildman–Crippen MR) is 85.2 cm³/mol. The smallest absolute Gasteiger partial charge is 0.336 e. The van der Waals surface area contributed by atoms with Crippen molar-refractivity contribution in [3.8, 4) is 0 Å². The Morgan fingerprint density at radius 3 is 2.57 bits per heavy atom. The van der Waals surface area contributed by atoms with E-state index in [1.54, 1.807) is 31.2 Å². The van der Waals surface area contributed by atoms with E-state index in [1.165, 1.54) is 12.1 Å². The molecule has 0 bridgehead atoms.